The molecule has 1 unspecified atom stereocenters. The summed E-state index contributed by atoms with van der Waals surface area (Å²) in [5, 5.41) is 14.9. The maximum atomic E-state index is 12.3. The molecule has 0 aliphatic rings. The molecule has 7 nitrogen and oxygen atoms in total. The lowest BCUT2D eigenvalue weighted by molar-refractivity contribution is -0.120. The Balaban J connectivity index is 2.06. The van der Waals surface area contributed by atoms with Crippen molar-refractivity contribution in [2.24, 2.45) is 0 Å². The van der Waals surface area contributed by atoms with Crippen LogP contribution in [0.4, 0.5) is 5.13 Å². The maximum absolute atomic E-state index is 12.3. The van der Waals surface area contributed by atoms with Crippen LogP contribution in [-0.2, 0) is 9.59 Å². The van der Waals surface area contributed by atoms with Gasteiger partial charge in [0.05, 0.1) is 19.6 Å². The van der Waals surface area contributed by atoms with Gasteiger partial charge in [-0.2, -0.15) is 0 Å². The fourth-order valence-electron chi connectivity index (χ4n) is 2.21. The minimum absolute atomic E-state index is 0.0997. The van der Waals surface area contributed by atoms with Gasteiger partial charge in [0.1, 0.15) is 10.8 Å². The normalized spacial score (nSPS) is 11.9. The van der Waals surface area contributed by atoms with Gasteiger partial charge in [-0.3, -0.25) is 9.59 Å². The van der Waals surface area contributed by atoms with E-state index in [2.05, 4.69) is 20.8 Å². The molecule has 8 heteroatoms. The largest absolute Gasteiger partial charge is 0.497 e. The molecule has 0 aliphatic heterocycles. The summed E-state index contributed by atoms with van der Waals surface area (Å²) in [5.41, 5.74) is 0.825. The third-order valence-corrected chi connectivity index (χ3v) is 4.61. The molecule has 1 aromatic carbocycles. The van der Waals surface area contributed by atoms with E-state index in [0.717, 1.165) is 10.6 Å². The summed E-state index contributed by atoms with van der Waals surface area (Å²) in [6.07, 6.45) is 0.0997. The van der Waals surface area contributed by atoms with E-state index in [9.17, 15) is 9.59 Å². The number of ether oxygens (including phenoxy) is 1. The summed E-state index contributed by atoms with van der Waals surface area (Å²) in [5.74, 6) is 0.534. The van der Waals surface area contributed by atoms with Crippen LogP contribution in [0.1, 0.15) is 49.7 Å². The molecule has 134 valence electrons. The number of benzene rings is 1. The Kier molecular flexibility index (Phi) is 6.46. The van der Waals surface area contributed by atoms with Gasteiger partial charge >= 0.3 is 0 Å². The van der Waals surface area contributed by atoms with Crippen molar-refractivity contribution in [3.63, 3.8) is 0 Å². The van der Waals surface area contributed by atoms with E-state index in [1.165, 1.54) is 18.3 Å². The lowest BCUT2D eigenvalue weighted by Crippen LogP contribution is -2.29. The Morgan fingerprint density at radius 1 is 1.20 bits per heavy atom. The zero-order chi connectivity index (χ0) is 18.4. The second kappa shape index (κ2) is 8.57. The highest BCUT2D eigenvalue weighted by Gasteiger charge is 2.19. The van der Waals surface area contributed by atoms with Crippen LogP contribution in [0.5, 0.6) is 5.75 Å². The van der Waals surface area contributed by atoms with Crippen LogP contribution in [0.25, 0.3) is 0 Å². The minimum Gasteiger partial charge on any atom is -0.497 e. The van der Waals surface area contributed by atoms with E-state index >= 15 is 0 Å². The molecule has 0 spiro atoms. The minimum atomic E-state index is -0.430. The third-order valence-electron chi connectivity index (χ3n) is 3.47. The summed E-state index contributed by atoms with van der Waals surface area (Å²) in [6.45, 7) is 5.46. The van der Waals surface area contributed by atoms with Crippen molar-refractivity contribution >= 4 is 28.3 Å². The standard InChI is InChI=1S/C17H22N4O3S/c1-10(2)16-20-21-17(25-16)19-15(23)9-14(18-11(3)22)12-5-7-13(24-4)8-6-12/h5-8,10,14H,9H2,1-4H3,(H,18,22)(H,19,21,23). The predicted octanol–water partition coefficient (Wildman–Crippen LogP) is 2.88. The number of hydrogen-bond donors (Lipinski definition) is 2. The molecule has 2 amide bonds. The first kappa shape index (κ1) is 18.9. The van der Waals surface area contributed by atoms with Gasteiger partial charge in [0.2, 0.25) is 16.9 Å². The first-order valence-corrected chi connectivity index (χ1v) is 8.75. The van der Waals surface area contributed by atoms with Crippen molar-refractivity contribution in [3.05, 3.63) is 34.8 Å². The van der Waals surface area contributed by atoms with E-state index in [1.807, 2.05) is 26.0 Å². The van der Waals surface area contributed by atoms with Gasteiger partial charge in [0, 0.05) is 12.8 Å². The second-order valence-electron chi connectivity index (χ2n) is 5.88. The lowest BCUT2D eigenvalue weighted by atomic mass is 10.0. The quantitative estimate of drug-likeness (QED) is 0.790. The molecule has 1 atom stereocenters. The molecule has 0 saturated carbocycles. The van der Waals surface area contributed by atoms with Crippen molar-refractivity contribution < 1.29 is 14.3 Å². The van der Waals surface area contributed by atoms with Crippen LogP contribution < -0.4 is 15.4 Å². The van der Waals surface area contributed by atoms with Gasteiger partial charge in [0.15, 0.2) is 0 Å². The number of hydrogen-bond acceptors (Lipinski definition) is 6. The van der Waals surface area contributed by atoms with Crippen molar-refractivity contribution in [2.75, 3.05) is 12.4 Å². The number of anilines is 1. The summed E-state index contributed by atoms with van der Waals surface area (Å²) < 4.78 is 5.13. The van der Waals surface area contributed by atoms with E-state index in [4.69, 9.17) is 4.74 Å². The molecule has 1 heterocycles. The average Bonchev–Trinajstić information content (AvgIpc) is 3.02. The number of methoxy groups -OCH3 is 1. The van der Waals surface area contributed by atoms with E-state index in [0.29, 0.717) is 10.9 Å². The average molecular weight is 362 g/mol. The highest BCUT2D eigenvalue weighted by molar-refractivity contribution is 7.15. The maximum Gasteiger partial charge on any atom is 0.228 e. The summed E-state index contributed by atoms with van der Waals surface area (Å²) >= 11 is 1.35. The van der Waals surface area contributed by atoms with Crippen LogP contribution in [0.15, 0.2) is 24.3 Å². The number of carbonyl (C=O) groups is 2. The van der Waals surface area contributed by atoms with Gasteiger partial charge in [-0.1, -0.05) is 37.3 Å². The molecule has 0 radical (unpaired) electrons. The van der Waals surface area contributed by atoms with Crippen LogP contribution >= 0.6 is 11.3 Å². The molecule has 25 heavy (non-hydrogen) atoms. The van der Waals surface area contributed by atoms with Gasteiger partial charge in [-0.25, -0.2) is 0 Å². The number of nitrogens with one attached hydrogen (secondary N) is 2. The number of nitrogens with zero attached hydrogens (tertiary/aromatic N) is 2. The lowest BCUT2D eigenvalue weighted by Gasteiger charge is -2.18. The highest BCUT2D eigenvalue weighted by Crippen LogP contribution is 2.24. The molecule has 2 aromatic rings. The molecule has 1 aromatic heterocycles. The van der Waals surface area contributed by atoms with Crippen LogP contribution in [-0.4, -0.2) is 29.1 Å². The van der Waals surface area contributed by atoms with E-state index in [-0.39, 0.29) is 24.2 Å². The Morgan fingerprint density at radius 3 is 2.40 bits per heavy atom. The summed E-state index contributed by atoms with van der Waals surface area (Å²) in [6, 6.07) is 6.81. The smallest absolute Gasteiger partial charge is 0.228 e. The Hall–Kier alpha value is -2.48. The van der Waals surface area contributed by atoms with Crippen LogP contribution in [0.2, 0.25) is 0 Å². The van der Waals surface area contributed by atoms with Crippen molar-refractivity contribution in [1.82, 2.24) is 15.5 Å². The third kappa shape index (κ3) is 5.53. The van der Waals surface area contributed by atoms with Crippen LogP contribution in [0.3, 0.4) is 0 Å². The van der Waals surface area contributed by atoms with E-state index in [1.54, 1.807) is 19.2 Å². The van der Waals surface area contributed by atoms with Gasteiger partial charge in [-0.15, -0.1) is 10.2 Å². The first-order valence-electron chi connectivity index (χ1n) is 7.93. The molecule has 0 bridgehead atoms. The topological polar surface area (TPSA) is 93.2 Å². The fraction of sp³-hybridized carbons (Fsp3) is 0.412. The molecule has 0 saturated heterocycles. The number of aromatic nitrogens is 2. The highest BCUT2D eigenvalue weighted by atomic mass is 32.1. The molecular weight excluding hydrogens is 340 g/mol. The Bertz CT molecular complexity index is 728. The monoisotopic (exact) mass is 362 g/mol. The SMILES string of the molecule is COc1ccc(C(CC(=O)Nc2nnc(C(C)C)s2)NC(C)=O)cc1. The summed E-state index contributed by atoms with van der Waals surface area (Å²) in [7, 11) is 1.58. The van der Waals surface area contributed by atoms with Crippen molar-refractivity contribution in [2.45, 2.75) is 39.2 Å². The van der Waals surface area contributed by atoms with Gasteiger partial charge in [0.25, 0.3) is 0 Å². The zero-order valence-electron chi connectivity index (χ0n) is 14.7. The molecule has 0 fully saturated rings. The molecule has 0 aliphatic carbocycles. The number of rotatable bonds is 7. The van der Waals surface area contributed by atoms with Crippen LogP contribution in [0, 0.1) is 0 Å². The molecule has 2 rings (SSSR count). The number of amides is 2. The molecular formula is C17H22N4O3S. The van der Waals surface area contributed by atoms with Crippen molar-refractivity contribution in [3.8, 4) is 5.75 Å². The Labute approximate surface area is 150 Å². The van der Waals surface area contributed by atoms with E-state index < -0.39 is 6.04 Å². The van der Waals surface area contributed by atoms with Crippen molar-refractivity contribution in [1.29, 1.82) is 0 Å². The predicted molar refractivity (Wildman–Crippen MR) is 96.8 cm³/mol. The van der Waals surface area contributed by atoms with Gasteiger partial charge in [-0.05, 0) is 17.7 Å². The molecule has 2 N–H and O–H groups in total. The zero-order valence-corrected chi connectivity index (χ0v) is 15.5. The second-order valence-corrected chi connectivity index (χ2v) is 6.89. The Morgan fingerprint density at radius 2 is 1.88 bits per heavy atom. The van der Waals surface area contributed by atoms with Gasteiger partial charge < -0.3 is 15.4 Å². The fourth-order valence-corrected chi connectivity index (χ4v) is 2.97. The first-order chi connectivity index (χ1) is 11.9. The number of carbonyl (C=O) groups excluding carboxylic acids is 2. The summed E-state index contributed by atoms with van der Waals surface area (Å²) in [4.78, 5) is 23.8.